The van der Waals surface area contributed by atoms with Gasteiger partial charge in [-0.3, -0.25) is 20.0 Å². The number of nitro benzene ring substituents is 1. The van der Waals surface area contributed by atoms with E-state index in [1.165, 1.54) is 17.8 Å². The van der Waals surface area contributed by atoms with Crippen molar-refractivity contribution < 1.29 is 14.5 Å². The fourth-order valence-electron chi connectivity index (χ4n) is 5.54. The van der Waals surface area contributed by atoms with E-state index in [4.69, 9.17) is 4.74 Å². The van der Waals surface area contributed by atoms with E-state index in [9.17, 15) is 14.9 Å². The summed E-state index contributed by atoms with van der Waals surface area (Å²) in [5, 5.41) is 14.9. The van der Waals surface area contributed by atoms with Crippen molar-refractivity contribution in [1.29, 1.82) is 0 Å². The van der Waals surface area contributed by atoms with Crippen molar-refractivity contribution in [2.75, 3.05) is 44.2 Å². The molecule has 2 aliphatic rings. The van der Waals surface area contributed by atoms with Crippen LogP contribution in [0.2, 0.25) is 0 Å². The van der Waals surface area contributed by atoms with E-state index in [1.807, 2.05) is 38.1 Å². The van der Waals surface area contributed by atoms with Crippen molar-refractivity contribution in [3.8, 4) is 0 Å². The predicted molar refractivity (Wildman–Crippen MR) is 155 cm³/mol. The van der Waals surface area contributed by atoms with Gasteiger partial charge < -0.3 is 15.0 Å². The van der Waals surface area contributed by atoms with Crippen molar-refractivity contribution in [1.82, 2.24) is 15.2 Å². The smallest absolute Gasteiger partial charge is 0.336 e. The van der Waals surface area contributed by atoms with Crippen molar-refractivity contribution in [2.45, 2.75) is 19.8 Å². The lowest BCUT2D eigenvalue weighted by Gasteiger charge is -2.36. The Balaban J connectivity index is 1.32. The topological polar surface area (TPSA) is 101 Å². The number of piperazine rings is 1. The number of dihydropyridines is 1. The van der Waals surface area contributed by atoms with E-state index >= 15 is 0 Å². The molecule has 0 bridgehead atoms. The third-order valence-corrected chi connectivity index (χ3v) is 7.52. The molecule has 2 aromatic carbocycles. The molecule has 1 fully saturated rings. The number of esters is 1. The number of ether oxygens (including phenoxy) is 1. The van der Waals surface area contributed by atoms with Gasteiger partial charge in [0.05, 0.1) is 10.5 Å². The SMILES string of the molecule is CC1=C(C(=O)OCCN2CCN(c3ccccc3)CC2)C(c2cccc([N+](=O)[O-])c2)C(c2ccncc2)=C(C)N1. The summed E-state index contributed by atoms with van der Waals surface area (Å²) in [5.41, 5.74) is 5.59. The van der Waals surface area contributed by atoms with Crippen LogP contribution < -0.4 is 10.2 Å². The summed E-state index contributed by atoms with van der Waals surface area (Å²) in [7, 11) is 0. The van der Waals surface area contributed by atoms with Crippen LogP contribution in [0.15, 0.2) is 96.1 Å². The Morgan fingerprint density at radius 3 is 2.42 bits per heavy atom. The van der Waals surface area contributed by atoms with Gasteiger partial charge in [-0.15, -0.1) is 0 Å². The molecular formula is C31H33N5O4. The number of hydrogen-bond donors (Lipinski definition) is 1. The molecule has 1 aromatic heterocycles. The third-order valence-electron chi connectivity index (χ3n) is 7.52. The number of non-ortho nitro benzene ring substituents is 1. The van der Waals surface area contributed by atoms with Crippen LogP contribution in [-0.2, 0) is 9.53 Å². The highest BCUT2D eigenvalue weighted by atomic mass is 16.6. The lowest BCUT2D eigenvalue weighted by atomic mass is 9.78. The van der Waals surface area contributed by atoms with Crippen LogP contribution in [-0.4, -0.2) is 60.1 Å². The molecular weight excluding hydrogens is 506 g/mol. The summed E-state index contributed by atoms with van der Waals surface area (Å²) < 4.78 is 5.85. The minimum atomic E-state index is -0.537. The first kappa shape index (κ1) is 27.1. The van der Waals surface area contributed by atoms with Crippen molar-refractivity contribution in [3.63, 3.8) is 0 Å². The second-order valence-corrected chi connectivity index (χ2v) is 10.0. The van der Waals surface area contributed by atoms with Gasteiger partial charge in [0, 0.05) is 80.2 Å². The predicted octanol–water partition coefficient (Wildman–Crippen LogP) is 4.75. The summed E-state index contributed by atoms with van der Waals surface area (Å²) in [6, 6.07) is 20.6. The first-order valence-corrected chi connectivity index (χ1v) is 13.4. The quantitative estimate of drug-likeness (QED) is 0.249. The van der Waals surface area contributed by atoms with E-state index in [0.29, 0.717) is 23.4 Å². The maximum atomic E-state index is 13.7. The van der Waals surface area contributed by atoms with Crippen LogP contribution in [0.25, 0.3) is 5.57 Å². The molecule has 0 radical (unpaired) electrons. The summed E-state index contributed by atoms with van der Waals surface area (Å²) in [6.45, 7) is 8.30. The molecule has 0 saturated carbocycles. The number of pyridine rings is 1. The fourth-order valence-corrected chi connectivity index (χ4v) is 5.54. The fraction of sp³-hybridized carbons (Fsp3) is 0.290. The average molecular weight is 540 g/mol. The first-order valence-electron chi connectivity index (χ1n) is 13.4. The molecule has 5 rings (SSSR count). The van der Waals surface area contributed by atoms with E-state index in [2.05, 4.69) is 44.4 Å². The van der Waals surface area contributed by atoms with Crippen LogP contribution in [0, 0.1) is 10.1 Å². The molecule has 9 heteroatoms. The van der Waals surface area contributed by atoms with Gasteiger partial charge in [-0.05, 0) is 54.8 Å². The van der Waals surface area contributed by atoms with E-state index < -0.39 is 16.8 Å². The van der Waals surface area contributed by atoms with Gasteiger partial charge in [-0.2, -0.15) is 0 Å². The Bertz CT molecular complexity index is 1430. The second kappa shape index (κ2) is 12.1. The summed E-state index contributed by atoms with van der Waals surface area (Å²) >= 11 is 0. The van der Waals surface area contributed by atoms with E-state index in [1.54, 1.807) is 18.5 Å². The Labute approximate surface area is 233 Å². The molecule has 3 heterocycles. The van der Waals surface area contributed by atoms with Gasteiger partial charge in [0.2, 0.25) is 0 Å². The van der Waals surface area contributed by atoms with Gasteiger partial charge in [-0.25, -0.2) is 4.79 Å². The number of carbonyl (C=O) groups is 1. The number of nitrogens with zero attached hydrogens (tertiary/aromatic N) is 4. The average Bonchev–Trinajstić information content (AvgIpc) is 2.98. The van der Waals surface area contributed by atoms with Crippen LogP contribution in [0.4, 0.5) is 11.4 Å². The van der Waals surface area contributed by atoms with Crippen LogP contribution >= 0.6 is 0 Å². The zero-order valence-corrected chi connectivity index (χ0v) is 22.7. The minimum absolute atomic E-state index is 0.0252. The van der Waals surface area contributed by atoms with E-state index in [-0.39, 0.29) is 12.3 Å². The molecule has 3 aromatic rings. The Kier molecular flexibility index (Phi) is 8.21. The van der Waals surface area contributed by atoms with Gasteiger partial charge in [0.1, 0.15) is 6.61 Å². The molecule has 1 saturated heterocycles. The largest absolute Gasteiger partial charge is 0.461 e. The maximum Gasteiger partial charge on any atom is 0.336 e. The standard InChI is InChI=1S/C31H33N5O4/c1-22-28(24-11-13-32-14-12-24)30(25-7-6-10-27(21-25)36(38)39)29(23(2)33-22)31(37)40-20-19-34-15-17-35(18-16-34)26-8-4-3-5-9-26/h3-14,21,30,33H,15-20H2,1-2H3. The number of allylic oxidation sites excluding steroid dienone is 3. The number of anilines is 1. The number of rotatable bonds is 8. The number of benzene rings is 2. The Morgan fingerprint density at radius 1 is 1.00 bits per heavy atom. The molecule has 206 valence electrons. The Hall–Kier alpha value is -4.50. The lowest BCUT2D eigenvalue weighted by molar-refractivity contribution is -0.384. The van der Waals surface area contributed by atoms with Crippen LogP contribution in [0.5, 0.6) is 0 Å². The number of nitro groups is 1. The molecule has 40 heavy (non-hydrogen) atoms. The molecule has 9 nitrogen and oxygen atoms in total. The summed E-state index contributed by atoms with van der Waals surface area (Å²) in [5.74, 6) is -0.964. The zero-order chi connectivity index (χ0) is 28.1. The summed E-state index contributed by atoms with van der Waals surface area (Å²) in [6.07, 6.45) is 3.39. The lowest BCUT2D eigenvalue weighted by Crippen LogP contribution is -2.47. The van der Waals surface area contributed by atoms with E-state index in [0.717, 1.165) is 43.0 Å². The van der Waals surface area contributed by atoms with Crippen molar-refractivity contribution >= 4 is 22.9 Å². The molecule has 0 amide bonds. The van der Waals surface area contributed by atoms with Crippen LogP contribution in [0.3, 0.4) is 0 Å². The highest BCUT2D eigenvalue weighted by molar-refractivity contribution is 5.97. The van der Waals surface area contributed by atoms with Gasteiger partial charge >= 0.3 is 5.97 Å². The van der Waals surface area contributed by atoms with Crippen molar-refractivity contribution in [2.24, 2.45) is 0 Å². The number of aromatic nitrogens is 1. The number of hydrogen-bond acceptors (Lipinski definition) is 8. The van der Waals surface area contributed by atoms with Gasteiger partial charge in [0.25, 0.3) is 5.69 Å². The van der Waals surface area contributed by atoms with Crippen molar-refractivity contribution in [3.05, 3.63) is 117 Å². The number of nitrogens with one attached hydrogen (secondary N) is 1. The molecule has 1 atom stereocenters. The number of para-hydroxylation sites is 1. The minimum Gasteiger partial charge on any atom is -0.461 e. The van der Waals surface area contributed by atoms with Crippen LogP contribution in [0.1, 0.15) is 30.9 Å². The maximum absolute atomic E-state index is 13.7. The monoisotopic (exact) mass is 539 g/mol. The normalized spacial score (nSPS) is 17.9. The second-order valence-electron chi connectivity index (χ2n) is 10.0. The third kappa shape index (κ3) is 5.89. The molecule has 0 aliphatic carbocycles. The molecule has 1 N–H and O–H groups in total. The molecule has 1 unspecified atom stereocenters. The van der Waals surface area contributed by atoms with Gasteiger partial charge in [-0.1, -0.05) is 30.3 Å². The zero-order valence-electron chi connectivity index (χ0n) is 22.7. The molecule has 0 spiro atoms. The first-order chi connectivity index (χ1) is 19.4. The number of carbonyl (C=O) groups excluding carboxylic acids is 1. The van der Waals surface area contributed by atoms with Gasteiger partial charge in [0.15, 0.2) is 0 Å². The highest BCUT2D eigenvalue weighted by Crippen LogP contribution is 2.44. The summed E-state index contributed by atoms with van der Waals surface area (Å²) in [4.78, 5) is 33.6. The highest BCUT2D eigenvalue weighted by Gasteiger charge is 2.35. The molecule has 2 aliphatic heterocycles. The Morgan fingerprint density at radius 2 is 1.73 bits per heavy atom.